The molecule has 1 aromatic heterocycles. The van der Waals surface area contributed by atoms with Gasteiger partial charge >= 0.3 is 12.1 Å². The number of rotatable bonds is 8. The van der Waals surface area contributed by atoms with E-state index in [4.69, 9.17) is 14.6 Å². The summed E-state index contributed by atoms with van der Waals surface area (Å²) in [6.45, 7) is 3.84. The third kappa shape index (κ3) is 7.06. The molecule has 1 saturated heterocycles. The maximum absolute atomic E-state index is 12.6. The Balaban J connectivity index is 1.18. The molecule has 0 unspecified atom stereocenters. The zero-order valence-electron chi connectivity index (χ0n) is 19.9. The molecule has 35 heavy (non-hydrogen) atoms. The number of aromatic nitrogens is 1. The SMILES string of the molecule is Cc1ccnc(CCc2ccc(OC(=O)N3CCC(COc4ccc(C(=O)O)cc4)CC3)cc2)c1. The normalized spacial score (nSPS) is 13.9. The van der Waals surface area contributed by atoms with Crippen molar-refractivity contribution >= 4 is 12.1 Å². The molecule has 4 rings (SSSR count). The van der Waals surface area contributed by atoms with Crippen molar-refractivity contribution in [3.63, 3.8) is 0 Å². The van der Waals surface area contributed by atoms with Gasteiger partial charge in [0.05, 0.1) is 12.2 Å². The van der Waals surface area contributed by atoms with Crippen molar-refractivity contribution in [3.05, 3.63) is 89.2 Å². The Morgan fingerprint density at radius 1 is 0.971 bits per heavy atom. The zero-order chi connectivity index (χ0) is 24.6. The lowest BCUT2D eigenvalue weighted by atomic mass is 9.98. The number of carbonyl (C=O) groups excluding carboxylic acids is 1. The van der Waals surface area contributed by atoms with Crippen LogP contribution in [0.4, 0.5) is 4.79 Å². The lowest BCUT2D eigenvalue weighted by Crippen LogP contribution is -2.41. The molecule has 2 aromatic carbocycles. The lowest BCUT2D eigenvalue weighted by Gasteiger charge is -2.31. The van der Waals surface area contributed by atoms with Crippen LogP contribution in [0.1, 0.15) is 40.0 Å². The molecule has 3 aromatic rings. The van der Waals surface area contributed by atoms with E-state index >= 15 is 0 Å². The maximum Gasteiger partial charge on any atom is 0.415 e. The number of benzene rings is 2. The van der Waals surface area contributed by atoms with Gasteiger partial charge in [0.25, 0.3) is 0 Å². The minimum Gasteiger partial charge on any atom is -0.493 e. The molecule has 0 spiro atoms. The predicted molar refractivity (Wildman–Crippen MR) is 132 cm³/mol. The number of likely N-dealkylation sites (tertiary alicyclic amines) is 1. The number of hydrogen-bond donors (Lipinski definition) is 1. The molecule has 182 valence electrons. The average Bonchev–Trinajstić information content (AvgIpc) is 2.87. The van der Waals surface area contributed by atoms with Crippen molar-refractivity contribution in [1.29, 1.82) is 0 Å². The second-order valence-corrected chi connectivity index (χ2v) is 8.91. The molecule has 1 amide bonds. The van der Waals surface area contributed by atoms with Crippen LogP contribution in [0.5, 0.6) is 11.5 Å². The van der Waals surface area contributed by atoms with Crippen LogP contribution in [0.3, 0.4) is 0 Å². The summed E-state index contributed by atoms with van der Waals surface area (Å²) in [5.74, 6) is 0.570. The summed E-state index contributed by atoms with van der Waals surface area (Å²) < 4.78 is 11.4. The van der Waals surface area contributed by atoms with Crippen LogP contribution in [-0.4, -0.2) is 46.7 Å². The molecule has 0 radical (unpaired) electrons. The fraction of sp³-hybridized carbons (Fsp3) is 0.321. The maximum atomic E-state index is 12.6. The Bertz CT molecular complexity index is 1140. The third-order valence-corrected chi connectivity index (χ3v) is 6.23. The summed E-state index contributed by atoms with van der Waals surface area (Å²) in [5.41, 5.74) is 3.69. The smallest absolute Gasteiger partial charge is 0.415 e. The summed E-state index contributed by atoms with van der Waals surface area (Å²) >= 11 is 0. The highest BCUT2D eigenvalue weighted by Gasteiger charge is 2.24. The Hall–Kier alpha value is -3.87. The molecule has 0 bridgehead atoms. The molecule has 0 atom stereocenters. The first-order valence-electron chi connectivity index (χ1n) is 11.9. The number of carboxylic acids is 1. The van der Waals surface area contributed by atoms with Crippen LogP contribution >= 0.6 is 0 Å². The molecule has 1 aliphatic heterocycles. The van der Waals surface area contributed by atoms with Gasteiger partial charge in [-0.3, -0.25) is 4.98 Å². The standard InChI is InChI=1S/C28H30N2O5/c1-20-12-15-29-24(18-20)7-2-21-3-8-26(9-4-21)35-28(33)30-16-13-22(14-17-30)19-34-25-10-5-23(6-11-25)27(31)32/h3-6,8-12,15,18,22H,2,7,13-14,16-17,19H2,1H3,(H,31,32). The average molecular weight is 475 g/mol. The van der Waals surface area contributed by atoms with Crippen LogP contribution in [0.25, 0.3) is 0 Å². The summed E-state index contributed by atoms with van der Waals surface area (Å²) in [6.07, 6.45) is 4.91. The number of hydrogen-bond acceptors (Lipinski definition) is 5. The van der Waals surface area contributed by atoms with Crippen LogP contribution in [0, 0.1) is 12.8 Å². The molecule has 1 fully saturated rings. The van der Waals surface area contributed by atoms with Gasteiger partial charge in [0.15, 0.2) is 0 Å². The van der Waals surface area contributed by atoms with Gasteiger partial charge in [-0.1, -0.05) is 12.1 Å². The van der Waals surface area contributed by atoms with E-state index < -0.39 is 5.97 Å². The topological polar surface area (TPSA) is 89.0 Å². The second kappa shape index (κ2) is 11.5. The second-order valence-electron chi connectivity index (χ2n) is 8.91. The summed E-state index contributed by atoms with van der Waals surface area (Å²) in [6, 6.07) is 18.2. The number of ether oxygens (including phenoxy) is 2. The molecule has 0 aliphatic carbocycles. The van der Waals surface area contributed by atoms with Crippen molar-refractivity contribution in [2.45, 2.75) is 32.6 Å². The van der Waals surface area contributed by atoms with E-state index in [-0.39, 0.29) is 11.7 Å². The molecule has 7 nitrogen and oxygen atoms in total. The van der Waals surface area contributed by atoms with Crippen LogP contribution < -0.4 is 9.47 Å². The van der Waals surface area contributed by atoms with E-state index in [0.29, 0.717) is 37.1 Å². The molecule has 1 aliphatic rings. The quantitative estimate of drug-likeness (QED) is 0.485. The van der Waals surface area contributed by atoms with Gasteiger partial charge in [-0.25, -0.2) is 9.59 Å². The third-order valence-electron chi connectivity index (χ3n) is 6.23. The van der Waals surface area contributed by atoms with Crippen molar-refractivity contribution in [3.8, 4) is 11.5 Å². The molecule has 7 heteroatoms. The predicted octanol–water partition coefficient (Wildman–Crippen LogP) is 5.16. The molecular weight excluding hydrogens is 444 g/mol. The van der Waals surface area contributed by atoms with Crippen molar-refractivity contribution in [2.75, 3.05) is 19.7 Å². The number of aromatic carboxylic acids is 1. The summed E-state index contributed by atoms with van der Waals surface area (Å²) in [4.78, 5) is 29.7. The number of carbonyl (C=O) groups is 2. The van der Waals surface area contributed by atoms with Gasteiger partial charge in [-0.05, 0) is 98.2 Å². The van der Waals surface area contributed by atoms with E-state index in [1.54, 1.807) is 17.0 Å². The Morgan fingerprint density at radius 2 is 1.66 bits per heavy atom. The first kappa shape index (κ1) is 24.3. The van der Waals surface area contributed by atoms with E-state index in [1.165, 1.54) is 23.3 Å². The number of piperidine rings is 1. The molecule has 2 heterocycles. The van der Waals surface area contributed by atoms with Gasteiger partial charge in [-0.2, -0.15) is 0 Å². The fourth-order valence-electron chi connectivity index (χ4n) is 4.09. The molecule has 0 saturated carbocycles. The largest absolute Gasteiger partial charge is 0.493 e. The summed E-state index contributed by atoms with van der Waals surface area (Å²) in [5, 5.41) is 8.97. The first-order valence-corrected chi connectivity index (χ1v) is 11.9. The van der Waals surface area contributed by atoms with Gasteiger partial charge in [0.1, 0.15) is 11.5 Å². The highest BCUT2D eigenvalue weighted by atomic mass is 16.6. The van der Waals surface area contributed by atoms with Crippen LogP contribution in [0.15, 0.2) is 66.9 Å². The number of amides is 1. The highest BCUT2D eigenvalue weighted by molar-refractivity contribution is 5.87. The van der Waals surface area contributed by atoms with Crippen molar-refractivity contribution in [1.82, 2.24) is 9.88 Å². The Labute approximate surface area is 205 Å². The van der Waals surface area contributed by atoms with E-state index in [0.717, 1.165) is 31.4 Å². The fourth-order valence-corrected chi connectivity index (χ4v) is 4.09. The number of carboxylic acid groups (broad SMARTS) is 1. The van der Waals surface area contributed by atoms with Crippen molar-refractivity contribution in [2.24, 2.45) is 5.92 Å². The number of nitrogens with zero attached hydrogens (tertiary/aromatic N) is 2. The van der Waals surface area contributed by atoms with Crippen LogP contribution in [0.2, 0.25) is 0 Å². The number of pyridine rings is 1. The minimum atomic E-state index is -0.956. The summed E-state index contributed by atoms with van der Waals surface area (Å²) in [7, 11) is 0. The Morgan fingerprint density at radius 3 is 2.31 bits per heavy atom. The Kier molecular flexibility index (Phi) is 7.98. The molecule has 1 N–H and O–H groups in total. The van der Waals surface area contributed by atoms with Gasteiger partial charge < -0.3 is 19.5 Å². The van der Waals surface area contributed by atoms with E-state index in [1.807, 2.05) is 36.5 Å². The van der Waals surface area contributed by atoms with Gasteiger partial charge in [0, 0.05) is 25.0 Å². The zero-order valence-corrected chi connectivity index (χ0v) is 19.9. The van der Waals surface area contributed by atoms with Crippen LogP contribution in [-0.2, 0) is 12.8 Å². The van der Waals surface area contributed by atoms with Gasteiger partial charge in [0.2, 0.25) is 0 Å². The monoisotopic (exact) mass is 474 g/mol. The van der Waals surface area contributed by atoms with Crippen molar-refractivity contribution < 1.29 is 24.2 Å². The highest BCUT2D eigenvalue weighted by Crippen LogP contribution is 2.22. The first-order chi connectivity index (χ1) is 17.0. The number of aryl methyl sites for hydroxylation is 3. The molecular formula is C28H30N2O5. The van der Waals surface area contributed by atoms with Gasteiger partial charge in [-0.15, -0.1) is 0 Å². The minimum absolute atomic E-state index is 0.235. The lowest BCUT2D eigenvalue weighted by molar-refractivity contribution is 0.0696. The van der Waals surface area contributed by atoms with E-state index in [2.05, 4.69) is 18.0 Å². The van der Waals surface area contributed by atoms with E-state index in [9.17, 15) is 9.59 Å².